The number of anilines is 1. The van der Waals surface area contributed by atoms with E-state index in [1.807, 2.05) is 0 Å². The molecule has 21 heavy (non-hydrogen) atoms. The molecule has 1 fully saturated rings. The minimum absolute atomic E-state index is 0.122. The van der Waals surface area contributed by atoms with Crippen molar-refractivity contribution in [1.29, 1.82) is 0 Å². The number of carbonyl (C=O) groups excluding carboxylic acids is 1. The van der Waals surface area contributed by atoms with E-state index in [9.17, 15) is 13.6 Å². The molecule has 0 aliphatic heterocycles. The zero-order valence-corrected chi connectivity index (χ0v) is 11.3. The summed E-state index contributed by atoms with van der Waals surface area (Å²) in [5.74, 6) is -1.71. The number of benzene rings is 1. The number of nitrogens with one attached hydrogen (secondary N) is 1. The van der Waals surface area contributed by atoms with Crippen LogP contribution in [0.1, 0.15) is 24.8 Å². The molecule has 2 aromatic rings. The minimum Gasteiger partial charge on any atom is -0.325 e. The second-order valence-electron chi connectivity index (χ2n) is 5.22. The molecule has 3 rings (SSSR count). The van der Waals surface area contributed by atoms with Gasteiger partial charge in [-0.2, -0.15) is 0 Å². The van der Waals surface area contributed by atoms with Crippen LogP contribution < -0.4 is 5.32 Å². The van der Waals surface area contributed by atoms with Gasteiger partial charge in [-0.05, 0) is 37.1 Å². The fraction of sp³-hybridized carbons (Fsp3) is 0.250. The second kappa shape index (κ2) is 5.24. The lowest BCUT2D eigenvalue weighted by Gasteiger charge is -2.40. The molecule has 1 aliphatic rings. The van der Waals surface area contributed by atoms with Crippen LogP contribution in [0.2, 0.25) is 0 Å². The molecule has 1 heterocycles. The average molecular weight is 288 g/mol. The van der Waals surface area contributed by atoms with Crippen LogP contribution in [-0.2, 0) is 10.2 Å². The lowest BCUT2D eigenvalue weighted by Crippen LogP contribution is -2.47. The van der Waals surface area contributed by atoms with Crippen molar-refractivity contribution in [3.8, 4) is 0 Å². The van der Waals surface area contributed by atoms with E-state index in [2.05, 4.69) is 10.3 Å². The van der Waals surface area contributed by atoms with Gasteiger partial charge in [0.15, 0.2) is 0 Å². The predicted octanol–water partition coefficient (Wildman–Crippen LogP) is 3.42. The first kappa shape index (κ1) is 13.7. The summed E-state index contributed by atoms with van der Waals surface area (Å²) in [5, 5.41) is 2.73. The lowest BCUT2D eigenvalue weighted by atomic mass is 9.63. The van der Waals surface area contributed by atoms with E-state index in [-0.39, 0.29) is 11.5 Å². The first-order valence-corrected chi connectivity index (χ1v) is 6.79. The number of carbonyl (C=O) groups is 1. The van der Waals surface area contributed by atoms with Crippen molar-refractivity contribution < 1.29 is 13.6 Å². The Labute approximate surface area is 121 Å². The molecule has 108 valence electrons. The number of halogens is 2. The summed E-state index contributed by atoms with van der Waals surface area (Å²) in [5.41, 5.74) is -0.667. The molecule has 1 aromatic carbocycles. The molecule has 5 heteroatoms. The SMILES string of the molecule is O=C(Nc1ccncc1)C1(c2c(F)cccc2F)CCC1. The second-order valence-corrected chi connectivity index (χ2v) is 5.22. The Hall–Kier alpha value is -2.30. The highest BCUT2D eigenvalue weighted by atomic mass is 19.1. The number of amides is 1. The van der Waals surface area contributed by atoms with Crippen LogP contribution in [0.25, 0.3) is 0 Å². The van der Waals surface area contributed by atoms with Crippen molar-refractivity contribution >= 4 is 11.6 Å². The number of rotatable bonds is 3. The normalized spacial score (nSPS) is 16.1. The van der Waals surface area contributed by atoms with Crippen molar-refractivity contribution in [3.63, 3.8) is 0 Å². The van der Waals surface area contributed by atoms with Crippen LogP contribution in [0.5, 0.6) is 0 Å². The van der Waals surface area contributed by atoms with E-state index in [4.69, 9.17) is 0 Å². The number of pyridine rings is 1. The average Bonchev–Trinajstić information content (AvgIpc) is 2.42. The van der Waals surface area contributed by atoms with E-state index in [0.29, 0.717) is 18.5 Å². The maximum atomic E-state index is 14.0. The highest BCUT2D eigenvalue weighted by Crippen LogP contribution is 2.46. The topological polar surface area (TPSA) is 42.0 Å². The zero-order valence-electron chi connectivity index (χ0n) is 11.3. The zero-order chi connectivity index (χ0) is 14.9. The van der Waals surface area contributed by atoms with Gasteiger partial charge >= 0.3 is 0 Å². The summed E-state index contributed by atoms with van der Waals surface area (Å²) >= 11 is 0. The van der Waals surface area contributed by atoms with Crippen LogP contribution in [-0.4, -0.2) is 10.9 Å². The summed E-state index contributed by atoms with van der Waals surface area (Å²) in [6.07, 6.45) is 4.76. The van der Waals surface area contributed by atoms with Gasteiger partial charge < -0.3 is 5.32 Å². The maximum Gasteiger partial charge on any atom is 0.235 e. The van der Waals surface area contributed by atoms with Gasteiger partial charge in [0.05, 0.1) is 5.41 Å². The molecule has 0 spiro atoms. The highest BCUT2D eigenvalue weighted by molar-refractivity contribution is 5.99. The summed E-state index contributed by atoms with van der Waals surface area (Å²) in [6.45, 7) is 0. The molecule has 1 aliphatic carbocycles. The fourth-order valence-electron chi connectivity index (χ4n) is 2.76. The summed E-state index contributed by atoms with van der Waals surface area (Å²) in [7, 11) is 0. The Bertz CT molecular complexity index is 649. The van der Waals surface area contributed by atoms with Gasteiger partial charge in [-0.25, -0.2) is 8.78 Å². The third-order valence-electron chi connectivity index (χ3n) is 4.02. The van der Waals surface area contributed by atoms with Crippen molar-refractivity contribution in [1.82, 2.24) is 4.98 Å². The molecule has 0 bridgehead atoms. The molecule has 1 amide bonds. The molecular weight excluding hydrogens is 274 g/mol. The Morgan fingerprint density at radius 1 is 1.10 bits per heavy atom. The summed E-state index contributed by atoms with van der Waals surface area (Å²) in [4.78, 5) is 16.4. The summed E-state index contributed by atoms with van der Waals surface area (Å²) in [6, 6.07) is 6.97. The number of aromatic nitrogens is 1. The van der Waals surface area contributed by atoms with Gasteiger partial charge in [-0.15, -0.1) is 0 Å². The standard InChI is InChI=1S/C16H14F2N2O/c17-12-3-1-4-13(18)14(12)16(7-2-8-16)15(21)20-11-5-9-19-10-6-11/h1,3-6,9-10H,2,7-8H2,(H,19,20,21). The molecule has 0 radical (unpaired) electrons. The Balaban J connectivity index is 1.95. The van der Waals surface area contributed by atoms with Gasteiger partial charge in [0.2, 0.25) is 5.91 Å². The van der Waals surface area contributed by atoms with E-state index in [0.717, 1.165) is 6.42 Å². The first-order valence-electron chi connectivity index (χ1n) is 6.79. The number of hydrogen-bond donors (Lipinski definition) is 1. The third-order valence-corrected chi connectivity index (χ3v) is 4.02. The predicted molar refractivity (Wildman–Crippen MR) is 74.8 cm³/mol. The van der Waals surface area contributed by atoms with E-state index < -0.39 is 17.0 Å². The van der Waals surface area contributed by atoms with Crippen molar-refractivity contribution in [3.05, 3.63) is 59.9 Å². The van der Waals surface area contributed by atoms with Crippen LogP contribution in [0, 0.1) is 11.6 Å². The molecule has 1 aromatic heterocycles. The van der Waals surface area contributed by atoms with Gasteiger partial charge in [-0.1, -0.05) is 12.5 Å². The van der Waals surface area contributed by atoms with Crippen molar-refractivity contribution in [2.75, 3.05) is 5.32 Å². The van der Waals surface area contributed by atoms with Crippen LogP contribution in [0.15, 0.2) is 42.7 Å². The van der Waals surface area contributed by atoms with Crippen LogP contribution in [0.4, 0.5) is 14.5 Å². The fourth-order valence-corrected chi connectivity index (χ4v) is 2.76. The smallest absolute Gasteiger partial charge is 0.235 e. The maximum absolute atomic E-state index is 14.0. The first-order chi connectivity index (χ1) is 10.1. The van der Waals surface area contributed by atoms with Crippen LogP contribution in [0.3, 0.4) is 0 Å². The van der Waals surface area contributed by atoms with E-state index in [1.165, 1.54) is 18.2 Å². The number of nitrogens with zero attached hydrogens (tertiary/aromatic N) is 1. The number of hydrogen-bond acceptors (Lipinski definition) is 2. The Kier molecular flexibility index (Phi) is 3.41. The van der Waals surface area contributed by atoms with Crippen LogP contribution >= 0.6 is 0 Å². The molecule has 0 unspecified atom stereocenters. The molecule has 0 atom stereocenters. The van der Waals surface area contributed by atoms with E-state index >= 15 is 0 Å². The van der Waals surface area contributed by atoms with E-state index in [1.54, 1.807) is 24.5 Å². The highest BCUT2D eigenvalue weighted by Gasteiger charge is 2.48. The Morgan fingerprint density at radius 2 is 1.71 bits per heavy atom. The van der Waals surface area contributed by atoms with Gasteiger partial charge in [0.25, 0.3) is 0 Å². The molecular formula is C16H14F2N2O. The molecule has 0 saturated heterocycles. The molecule has 3 nitrogen and oxygen atoms in total. The largest absolute Gasteiger partial charge is 0.325 e. The summed E-state index contributed by atoms with van der Waals surface area (Å²) < 4.78 is 28.1. The van der Waals surface area contributed by atoms with Crippen molar-refractivity contribution in [2.24, 2.45) is 0 Å². The van der Waals surface area contributed by atoms with Gasteiger partial charge in [-0.3, -0.25) is 9.78 Å². The van der Waals surface area contributed by atoms with Gasteiger partial charge in [0.1, 0.15) is 11.6 Å². The monoisotopic (exact) mass is 288 g/mol. The molecule has 1 N–H and O–H groups in total. The van der Waals surface area contributed by atoms with Gasteiger partial charge in [0, 0.05) is 23.6 Å². The quantitative estimate of drug-likeness (QED) is 0.940. The Morgan fingerprint density at radius 3 is 2.24 bits per heavy atom. The van der Waals surface area contributed by atoms with Crippen molar-refractivity contribution in [2.45, 2.75) is 24.7 Å². The minimum atomic E-state index is -1.11. The third kappa shape index (κ3) is 2.28. The molecule has 1 saturated carbocycles. The lowest BCUT2D eigenvalue weighted by molar-refractivity contribution is -0.124.